The first kappa shape index (κ1) is 18.1. The van der Waals surface area contributed by atoms with E-state index < -0.39 is 5.82 Å². The van der Waals surface area contributed by atoms with E-state index in [1.807, 2.05) is 16.8 Å². The molecular weight excluding hydrogens is 391 g/mol. The molecule has 0 radical (unpaired) electrons. The van der Waals surface area contributed by atoms with Gasteiger partial charge in [-0.1, -0.05) is 22.8 Å². The number of halogens is 2. The molecule has 1 aromatic carbocycles. The zero-order valence-electron chi connectivity index (χ0n) is 14.3. The van der Waals surface area contributed by atoms with Crippen LogP contribution in [0.3, 0.4) is 0 Å². The molecule has 1 fully saturated rings. The molecule has 6 nitrogen and oxygen atoms in total. The van der Waals surface area contributed by atoms with Gasteiger partial charge in [0.15, 0.2) is 0 Å². The van der Waals surface area contributed by atoms with E-state index in [-0.39, 0.29) is 16.5 Å². The van der Waals surface area contributed by atoms with Crippen LogP contribution in [0.5, 0.6) is 0 Å². The van der Waals surface area contributed by atoms with Crippen molar-refractivity contribution in [3.63, 3.8) is 0 Å². The summed E-state index contributed by atoms with van der Waals surface area (Å²) in [5, 5.41) is 8.06. The molecule has 3 heterocycles. The fourth-order valence-electron chi connectivity index (χ4n) is 2.99. The van der Waals surface area contributed by atoms with Crippen molar-refractivity contribution in [2.24, 2.45) is 0 Å². The molecule has 0 aliphatic carbocycles. The summed E-state index contributed by atoms with van der Waals surface area (Å²) in [7, 11) is 0. The molecule has 0 saturated carbocycles. The Kier molecular flexibility index (Phi) is 5.20. The van der Waals surface area contributed by atoms with Gasteiger partial charge in [-0.3, -0.25) is 9.69 Å². The van der Waals surface area contributed by atoms with Gasteiger partial charge in [-0.25, -0.2) is 4.39 Å². The third kappa shape index (κ3) is 3.87. The van der Waals surface area contributed by atoms with E-state index in [1.54, 1.807) is 16.2 Å². The lowest BCUT2D eigenvalue weighted by atomic mass is 10.1. The molecular formula is C18H16ClFN4O2S. The number of nitrogens with zero attached hydrogens (tertiary/aromatic N) is 4. The van der Waals surface area contributed by atoms with Crippen molar-refractivity contribution in [2.45, 2.75) is 6.54 Å². The van der Waals surface area contributed by atoms with Gasteiger partial charge in [0, 0.05) is 37.1 Å². The number of benzene rings is 1. The van der Waals surface area contributed by atoms with Gasteiger partial charge in [-0.05, 0) is 23.6 Å². The zero-order chi connectivity index (χ0) is 18.8. The lowest BCUT2D eigenvalue weighted by Crippen LogP contribution is -2.48. The monoisotopic (exact) mass is 406 g/mol. The summed E-state index contributed by atoms with van der Waals surface area (Å²) in [6.45, 7) is 2.74. The van der Waals surface area contributed by atoms with Gasteiger partial charge < -0.3 is 9.42 Å². The standard InChI is InChI=1S/C18H16ClFN4O2S/c19-13-2-1-3-14(20)16(13)18(25)24-7-5-23(6-8-24)10-15-21-17(22-26-15)12-4-9-27-11-12/h1-4,9,11H,5-8,10H2. The molecule has 27 heavy (non-hydrogen) atoms. The SMILES string of the molecule is O=C(c1c(F)cccc1Cl)N1CCN(Cc2nc(-c3ccsc3)no2)CC1. The molecule has 4 rings (SSSR count). The largest absolute Gasteiger partial charge is 0.338 e. The second-order valence-corrected chi connectivity index (χ2v) is 7.38. The molecule has 0 N–H and O–H groups in total. The summed E-state index contributed by atoms with van der Waals surface area (Å²) in [6, 6.07) is 6.20. The first-order valence-corrected chi connectivity index (χ1v) is 9.74. The minimum absolute atomic E-state index is 0.0649. The maximum absolute atomic E-state index is 14.0. The van der Waals surface area contributed by atoms with Crippen molar-refractivity contribution < 1.29 is 13.7 Å². The zero-order valence-corrected chi connectivity index (χ0v) is 15.8. The van der Waals surface area contributed by atoms with Crippen molar-refractivity contribution in [1.29, 1.82) is 0 Å². The number of rotatable bonds is 4. The number of hydrogen-bond acceptors (Lipinski definition) is 6. The first-order valence-electron chi connectivity index (χ1n) is 8.42. The molecule has 1 amide bonds. The summed E-state index contributed by atoms with van der Waals surface area (Å²) in [5.74, 6) is 0.138. The van der Waals surface area contributed by atoms with E-state index in [9.17, 15) is 9.18 Å². The quantitative estimate of drug-likeness (QED) is 0.663. The smallest absolute Gasteiger partial charge is 0.258 e. The topological polar surface area (TPSA) is 62.5 Å². The number of piperazine rings is 1. The summed E-state index contributed by atoms with van der Waals surface area (Å²) in [5.41, 5.74) is 0.872. The highest BCUT2D eigenvalue weighted by Crippen LogP contribution is 2.22. The van der Waals surface area contributed by atoms with Crippen LogP contribution in [-0.4, -0.2) is 52.0 Å². The Labute approximate surface area is 164 Å². The summed E-state index contributed by atoms with van der Waals surface area (Å²) >= 11 is 7.58. The Hall–Kier alpha value is -2.29. The molecule has 1 aliphatic rings. The van der Waals surface area contributed by atoms with Gasteiger partial charge in [0.2, 0.25) is 11.7 Å². The third-order valence-corrected chi connectivity index (χ3v) is 5.44. The van der Waals surface area contributed by atoms with Crippen LogP contribution in [0.4, 0.5) is 4.39 Å². The van der Waals surface area contributed by atoms with Gasteiger partial charge in [0.25, 0.3) is 5.91 Å². The van der Waals surface area contributed by atoms with Crippen molar-refractivity contribution >= 4 is 28.8 Å². The molecule has 2 aromatic heterocycles. The van der Waals surface area contributed by atoms with Crippen LogP contribution < -0.4 is 0 Å². The Morgan fingerprint density at radius 3 is 2.78 bits per heavy atom. The molecule has 0 unspecified atom stereocenters. The van der Waals surface area contributed by atoms with E-state index in [2.05, 4.69) is 15.0 Å². The number of amides is 1. The highest BCUT2D eigenvalue weighted by molar-refractivity contribution is 7.08. The maximum Gasteiger partial charge on any atom is 0.258 e. The second kappa shape index (κ2) is 7.75. The van der Waals surface area contributed by atoms with Crippen LogP contribution in [0, 0.1) is 5.82 Å². The predicted molar refractivity (Wildman–Crippen MR) is 100 cm³/mol. The summed E-state index contributed by atoms with van der Waals surface area (Å²) in [6.07, 6.45) is 0. The lowest BCUT2D eigenvalue weighted by molar-refractivity contribution is 0.0611. The highest BCUT2D eigenvalue weighted by Gasteiger charge is 2.26. The number of aromatic nitrogens is 2. The van der Waals surface area contributed by atoms with Gasteiger partial charge in [0.1, 0.15) is 5.82 Å². The van der Waals surface area contributed by atoms with E-state index in [0.717, 1.165) is 5.56 Å². The summed E-state index contributed by atoms with van der Waals surface area (Å²) in [4.78, 5) is 20.7. The molecule has 0 bridgehead atoms. The second-order valence-electron chi connectivity index (χ2n) is 6.19. The number of thiophene rings is 1. The van der Waals surface area contributed by atoms with E-state index in [1.165, 1.54) is 18.2 Å². The molecule has 1 saturated heterocycles. The minimum atomic E-state index is -0.596. The number of carbonyl (C=O) groups is 1. The van der Waals surface area contributed by atoms with Crippen LogP contribution >= 0.6 is 22.9 Å². The molecule has 140 valence electrons. The van der Waals surface area contributed by atoms with Gasteiger partial charge in [-0.15, -0.1) is 0 Å². The molecule has 3 aromatic rings. The Morgan fingerprint density at radius 2 is 2.07 bits per heavy atom. The molecule has 0 atom stereocenters. The van der Waals surface area contributed by atoms with Crippen LogP contribution in [-0.2, 0) is 6.54 Å². The van der Waals surface area contributed by atoms with Gasteiger partial charge >= 0.3 is 0 Å². The maximum atomic E-state index is 14.0. The van der Waals surface area contributed by atoms with Crippen molar-refractivity contribution in [2.75, 3.05) is 26.2 Å². The van der Waals surface area contributed by atoms with Gasteiger partial charge in [-0.2, -0.15) is 16.3 Å². The van der Waals surface area contributed by atoms with Crippen LogP contribution in [0.25, 0.3) is 11.4 Å². The molecule has 1 aliphatic heterocycles. The molecule has 9 heteroatoms. The first-order chi connectivity index (χ1) is 13.1. The fraction of sp³-hybridized carbons (Fsp3) is 0.278. The van der Waals surface area contributed by atoms with Crippen LogP contribution in [0.2, 0.25) is 5.02 Å². The Balaban J connectivity index is 1.36. The van der Waals surface area contributed by atoms with Crippen LogP contribution in [0.15, 0.2) is 39.5 Å². The van der Waals surface area contributed by atoms with E-state index in [0.29, 0.717) is 44.4 Å². The average molecular weight is 407 g/mol. The third-order valence-electron chi connectivity index (χ3n) is 4.44. The van der Waals surface area contributed by atoms with E-state index >= 15 is 0 Å². The minimum Gasteiger partial charge on any atom is -0.338 e. The van der Waals surface area contributed by atoms with Crippen molar-refractivity contribution in [3.8, 4) is 11.4 Å². The fourth-order valence-corrected chi connectivity index (χ4v) is 3.87. The number of carbonyl (C=O) groups excluding carboxylic acids is 1. The molecule has 0 spiro atoms. The Morgan fingerprint density at radius 1 is 1.26 bits per heavy atom. The normalized spacial score (nSPS) is 15.3. The van der Waals surface area contributed by atoms with Crippen LogP contribution in [0.1, 0.15) is 16.2 Å². The number of hydrogen-bond donors (Lipinski definition) is 0. The van der Waals surface area contributed by atoms with Crippen molar-refractivity contribution in [1.82, 2.24) is 19.9 Å². The Bertz CT molecular complexity index is 919. The average Bonchev–Trinajstić information content (AvgIpc) is 3.33. The summed E-state index contributed by atoms with van der Waals surface area (Å²) < 4.78 is 19.3. The predicted octanol–water partition coefficient (Wildman–Crippen LogP) is 3.55. The lowest BCUT2D eigenvalue weighted by Gasteiger charge is -2.34. The van der Waals surface area contributed by atoms with Gasteiger partial charge in [0.05, 0.1) is 17.1 Å². The van der Waals surface area contributed by atoms with E-state index in [4.69, 9.17) is 16.1 Å². The highest BCUT2D eigenvalue weighted by atomic mass is 35.5. The van der Waals surface area contributed by atoms with Crippen molar-refractivity contribution in [3.05, 3.63) is 57.3 Å².